The lowest BCUT2D eigenvalue weighted by Gasteiger charge is -2.40. The highest BCUT2D eigenvalue weighted by Gasteiger charge is 2.59. The van der Waals surface area contributed by atoms with Crippen molar-refractivity contribution in [2.75, 3.05) is 6.54 Å². The summed E-state index contributed by atoms with van der Waals surface area (Å²) in [6.45, 7) is 6.69. The quantitative estimate of drug-likeness (QED) is 0.632. The van der Waals surface area contributed by atoms with E-state index in [0.717, 1.165) is 12.8 Å². The maximum Gasteiger partial charge on any atom is 0.289 e. The standard InChI is InChI=1S/C15H20N2O4S/c1-14(2)9-15(3)8-13(14)16(10-15)22(20,21)12-7-5-4-6-11(12)17(18)19/h4-7,13H,8-10H2,1-3H3/t13-,15+/m1/s1. The molecule has 2 fully saturated rings. The van der Waals surface area contributed by atoms with Crippen LogP contribution in [0.25, 0.3) is 0 Å². The number of para-hydroxylation sites is 1. The van der Waals surface area contributed by atoms with Crippen molar-refractivity contribution in [3.63, 3.8) is 0 Å². The molecule has 2 atom stereocenters. The van der Waals surface area contributed by atoms with Crippen LogP contribution in [0.1, 0.15) is 33.6 Å². The highest BCUT2D eigenvalue weighted by Crippen LogP contribution is 2.58. The molecule has 3 rings (SSSR count). The molecule has 120 valence electrons. The average molecular weight is 324 g/mol. The van der Waals surface area contributed by atoms with E-state index in [-0.39, 0.29) is 27.5 Å². The second kappa shape index (κ2) is 4.52. The number of hydrogen-bond acceptors (Lipinski definition) is 4. The molecule has 7 heteroatoms. The molecule has 1 aromatic rings. The fourth-order valence-electron chi connectivity index (χ4n) is 4.34. The number of nitro benzene ring substituents is 1. The minimum Gasteiger partial charge on any atom is -0.258 e. The van der Waals surface area contributed by atoms with Gasteiger partial charge in [-0.2, -0.15) is 4.31 Å². The molecule has 0 radical (unpaired) electrons. The van der Waals surface area contributed by atoms with Crippen LogP contribution in [0.3, 0.4) is 0 Å². The van der Waals surface area contributed by atoms with Gasteiger partial charge in [-0.15, -0.1) is 0 Å². The van der Waals surface area contributed by atoms with Crippen LogP contribution >= 0.6 is 0 Å². The van der Waals surface area contributed by atoms with Gasteiger partial charge in [0.1, 0.15) is 0 Å². The van der Waals surface area contributed by atoms with Gasteiger partial charge in [0.2, 0.25) is 10.0 Å². The summed E-state index contributed by atoms with van der Waals surface area (Å²) in [4.78, 5) is 10.3. The first-order valence-electron chi connectivity index (χ1n) is 7.32. The molecule has 1 saturated heterocycles. The summed E-state index contributed by atoms with van der Waals surface area (Å²) < 4.78 is 27.5. The molecule has 0 N–H and O–H groups in total. The summed E-state index contributed by atoms with van der Waals surface area (Å²) in [5.41, 5.74) is -0.498. The predicted octanol–water partition coefficient (Wildman–Crippen LogP) is 2.79. The van der Waals surface area contributed by atoms with Crippen LogP contribution in [0, 0.1) is 20.9 Å². The monoisotopic (exact) mass is 324 g/mol. The summed E-state index contributed by atoms with van der Waals surface area (Å²) in [6.07, 6.45) is 1.80. The number of nitro groups is 1. The SMILES string of the molecule is CC1(C)C[C@]2(C)C[C@H]1N(S(=O)(=O)c1ccccc1[N+](=O)[O-])C2. The molecule has 1 saturated carbocycles. The summed E-state index contributed by atoms with van der Waals surface area (Å²) in [5.74, 6) is 0. The van der Waals surface area contributed by atoms with E-state index in [1.165, 1.54) is 28.6 Å². The number of hydrogen-bond donors (Lipinski definition) is 0. The van der Waals surface area contributed by atoms with E-state index in [0.29, 0.717) is 6.54 Å². The fraction of sp³-hybridized carbons (Fsp3) is 0.600. The third-order valence-corrected chi connectivity index (χ3v) is 6.91. The van der Waals surface area contributed by atoms with E-state index in [1.54, 1.807) is 0 Å². The summed E-state index contributed by atoms with van der Waals surface area (Å²) >= 11 is 0. The molecule has 22 heavy (non-hydrogen) atoms. The largest absolute Gasteiger partial charge is 0.289 e. The van der Waals surface area contributed by atoms with Crippen LogP contribution in [0.5, 0.6) is 0 Å². The van der Waals surface area contributed by atoms with E-state index < -0.39 is 14.9 Å². The van der Waals surface area contributed by atoms with Crippen molar-refractivity contribution in [2.24, 2.45) is 10.8 Å². The van der Waals surface area contributed by atoms with Gasteiger partial charge < -0.3 is 0 Å². The third kappa shape index (κ3) is 2.14. The molecular weight excluding hydrogens is 304 g/mol. The molecule has 2 bridgehead atoms. The van der Waals surface area contributed by atoms with Crippen molar-refractivity contribution in [1.29, 1.82) is 0 Å². The van der Waals surface area contributed by atoms with E-state index >= 15 is 0 Å². The molecule has 0 unspecified atom stereocenters. The maximum absolute atomic E-state index is 13.0. The Hall–Kier alpha value is -1.47. The Labute approximate surface area is 130 Å². The lowest BCUT2D eigenvalue weighted by Crippen LogP contribution is -2.47. The number of piperidine rings is 1. The Balaban J connectivity index is 2.08. The normalized spacial score (nSPS) is 30.6. The Morgan fingerprint density at radius 1 is 1.27 bits per heavy atom. The van der Waals surface area contributed by atoms with Crippen LogP contribution in [0.15, 0.2) is 29.2 Å². The van der Waals surface area contributed by atoms with Crippen molar-refractivity contribution >= 4 is 15.7 Å². The fourth-order valence-corrected chi connectivity index (χ4v) is 6.42. The molecule has 2 aliphatic rings. The van der Waals surface area contributed by atoms with E-state index in [1.807, 2.05) is 0 Å². The van der Waals surface area contributed by atoms with Gasteiger partial charge in [-0.3, -0.25) is 10.1 Å². The first-order valence-corrected chi connectivity index (χ1v) is 8.76. The minimum absolute atomic E-state index is 0.0369. The lowest BCUT2D eigenvalue weighted by molar-refractivity contribution is -0.387. The molecule has 1 aromatic carbocycles. The summed E-state index contributed by atoms with van der Waals surface area (Å²) in [6, 6.07) is 5.49. The van der Waals surface area contributed by atoms with E-state index in [4.69, 9.17) is 0 Å². The van der Waals surface area contributed by atoms with Gasteiger partial charge in [0.15, 0.2) is 4.90 Å². The molecular formula is C15H20N2O4S. The number of sulfonamides is 1. The first-order chi connectivity index (χ1) is 10.1. The lowest BCUT2D eigenvalue weighted by atomic mass is 9.80. The van der Waals surface area contributed by atoms with Crippen LogP contribution in [0.2, 0.25) is 0 Å². The Kier molecular flexibility index (Phi) is 3.17. The molecule has 0 aromatic heterocycles. The summed E-state index contributed by atoms with van der Waals surface area (Å²) in [5, 5.41) is 11.2. The van der Waals surface area contributed by atoms with Gasteiger partial charge >= 0.3 is 0 Å². The second-order valence-electron chi connectivity index (χ2n) is 7.47. The van der Waals surface area contributed by atoms with Gasteiger partial charge in [0.05, 0.1) is 4.92 Å². The minimum atomic E-state index is -3.86. The Morgan fingerprint density at radius 2 is 1.91 bits per heavy atom. The molecule has 1 aliphatic carbocycles. The Bertz CT molecular complexity index is 741. The second-order valence-corrected chi connectivity index (χ2v) is 9.33. The van der Waals surface area contributed by atoms with Crippen molar-refractivity contribution in [2.45, 2.75) is 44.6 Å². The summed E-state index contributed by atoms with van der Waals surface area (Å²) in [7, 11) is -3.86. The average Bonchev–Trinajstić information content (AvgIpc) is 2.87. The molecule has 0 amide bonds. The van der Waals surface area contributed by atoms with Crippen LogP contribution in [0.4, 0.5) is 5.69 Å². The van der Waals surface area contributed by atoms with Crippen molar-refractivity contribution in [3.05, 3.63) is 34.4 Å². The topological polar surface area (TPSA) is 80.5 Å². The number of rotatable bonds is 3. The van der Waals surface area contributed by atoms with E-state index in [2.05, 4.69) is 20.8 Å². The molecule has 1 heterocycles. The van der Waals surface area contributed by atoms with Gasteiger partial charge in [-0.05, 0) is 29.7 Å². The predicted molar refractivity (Wildman–Crippen MR) is 81.9 cm³/mol. The van der Waals surface area contributed by atoms with Gasteiger partial charge in [0.25, 0.3) is 5.69 Å². The number of nitrogens with zero attached hydrogens (tertiary/aromatic N) is 2. The highest BCUT2D eigenvalue weighted by molar-refractivity contribution is 7.89. The zero-order chi connectivity index (χ0) is 16.3. The van der Waals surface area contributed by atoms with Gasteiger partial charge in [-0.1, -0.05) is 32.9 Å². The smallest absolute Gasteiger partial charge is 0.258 e. The van der Waals surface area contributed by atoms with Gasteiger partial charge in [-0.25, -0.2) is 8.42 Å². The number of benzene rings is 1. The zero-order valence-corrected chi connectivity index (χ0v) is 13.8. The van der Waals surface area contributed by atoms with Crippen molar-refractivity contribution < 1.29 is 13.3 Å². The van der Waals surface area contributed by atoms with E-state index in [9.17, 15) is 18.5 Å². The third-order valence-electron chi connectivity index (χ3n) is 5.00. The molecule has 6 nitrogen and oxygen atoms in total. The highest BCUT2D eigenvalue weighted by atomic mass is 32.2. The first kappa shape index (κ1) is 15.4. The van der Waals surface area contributed by atoms with Crippen LogP contribution in [-0.2, 0) is 10.0 Å². The maximum atomic E-state index is 13.0. The molecule has 1 aliphatic heterocycles. The molecule has 0 spiro atoms. The zero-order valence-electron chi connectivity index (χ0n) is 12.9. The van der Waals surface area contributed by atoms with Crippen molar-refractivity contribution in [1.82, 2.24) is 4.31 Å². The van der Waals surface area contributed by atoms with Crippen molar-refractivity contribution in [3.8, 4) is 0 Å². The van der Waals surface area contributed by atoms with Crippen LogP contribution in [-0.4, -0.2) is 30.2 Å². The Morgan fingerprint density at radius 3 is 2.45 bits per heavy atom. The van der Waals surface area contributed by atoms with Crippen LogP contribution < -0.4 is 0 Å². The van der Waals surface area contributed by atoms with Gasteiger partial charge in [0, 0.05) is 18.7 Å². The number of fused-ring (bicyclic) bond motifs is 2.